The van der Waals surface area contributed by atoms with Crippen molar-refractivity contribution in [1.82, 2.24) is 10.0 Å². The molecule has 0 aromatic heterocycles. The number of nitrogens with one attached hydrogen (secondary N) is 2. The largest absolute Gasteiger partial charge is 0.352 e. The Bertz CT molecular complexity index is 981. The SMILES string of the molecule is CC(C)(C)C(NS(=O)(=O)c1ccc2c(c1)C(=O)NCC2)c1cccc(F)c1. The molecule has 7 heteroatoms. The molecular formula is C20H23FN2O3S. The van der Waals surface area contributed by atoms with E-state index in [0.717, 1.165) is 5.56 Å². The summed E-state index contributed by atoms with van der Waals surface area (Å²) in [5.74, 6) is -0.697. The molecule has 0 saturated carbocycles. The van der Waals surface area contributed by atoms with Gasteiger partial charge in [-0.25, -0.2) is 17.5 Å². The van der Waals surface area contributed by atoms with E-state index in [9.17, 15) is 17.6 Å². The van der Waals surface area contributed by atoms with Gasteiger partial charge in [-0.1, -0.05) is 39.0 Å². The topological polar surface area (TPSA) is 75.3 Å². The van der Waals surface area contributed by atoms with Crippen molar-refractivity contribution < 1.29 is 17.6 Å². The quantitative estimate of drug-likeness (QED) is 0.842. The first-order chi connectivity index (χ1) is 12.6. The molecule has 0 radical (unpaired) electrons. The Kier molecular flexibility index (Phi) is 5.10. The van der Waals surface area contributed by atoms with E-state index >= 15 is 0 Å². The maximum Gasteiger partial charge on any atom is 0.251 e. The molecule has 2 aromatic carbocycles. The third-order valence-electron chi connectivity index (χ3n) is 4.64. The van der Waals surface area contributed by atoms with Gasteiger partial charge in [-0.05, 0) is 47.2 Å². The van der Waals surface area contributed by atoms with E-state index in [-0.39, 0.29) is 10.8 Å². The lowest BCUT2D eigenvalue weighted by molar-refractivity contribution is 0.0945. The van der Waals surface area contributed by atoms with E-state index in [1.807, 2.05) is 20.8 Å². The van der Waals surface area contributed by atoms with E-state index < -0.39 is 27.3 Å². The lowest BCUT2D eigenvalue weighted by atomic mass is 9.83. The fraction of sp³-hybridized carbons (Fsp3) is 0.350. The molecular weight excluding hydrogens is 367 g/mol. The van der Waals surface area contributed by atoms with Gasteiger partial charge in [0.2, 0.25) is 10.0 Å². The third-order valence-corrected chi connectivity index (χ3v) is 6.06. The molecule has 0 bridgehead atoms. The van der Waals surface area contributed by atoms with Crippen molar-refractivity contribution >= 4 is 15.9 Å². The number of hydrogen-bond acceptors (Lipinski definition) is 3. The molecule has 3 rings (SSSR count). The van der Waals surface area contributed by atoms with Crippen molar-refractivity contribution in [2.75, 3.05) is 6.54 Å². The highest BCUT2D eigenvalue weighted by atomic mass is 32.2. The second-order valence-electron chi connectivity index (χ2n) is 7.80. The molecule has 0 fully saturated rings. The van der Waals surface area contributed by atoms with E-state index in [0.29, 0.717) is 24.1 Å². The van der Waals surface area contributed by atoms with Crippen molar-refractivity contribution in [2.24, 2.45) is 5.41 Å². The van der Waals surface area contributed by atoms with Crippen molar-refractivity contribution in [3.05, 3.63) is 65.0 Å². The van der Waals surface area contributed by atoms with Gasteiger partial charge in [-0.2, -0.15) is 0 Å². The number of hydrogen-bond donors (Lipinski definition) is 2. The molecule has 5 nitrogen and oxygen atoms in total. The van der Waals surface area contributed by atoms with Gasteiger partial charge in [0, 0.05) is 12.1 Å². The Morgan fingerprint density at radius 1 is 1.15 bits per heavy atom. The molecule has 2 N–H and O–H groups in total. The maximum atomic E-state index is 13.7. The van der Waals surface area contributed by atoms with Crippen LogP contribution in [0.5, 0.6) is 0 Å². The molecule has 2 aromatic rings. The Labute approximate surface area is 159 Å². The minimum atomic E-state index is -3.91. The summed E-state index contributed by atoms with van der Waals surface area (Å²) in [5, 5.41) is 2.72. The molecule has 1 heterocycles. The van der Waals surface area contributed by atoms with E-state index in [1.165, 1.54) is 24.3 Å². The minimum Gasteiger partial charge on any atom is -0.352 e. The monoisotopic (exact) mass is 390 g/mol. The number of sulfonamides is 1. The van der Waals surface area contributed by atoms with Gasteiger partial charge in [0.05, 0.1) is 10.9 Å². The molecule has 1 aliphatic rings. The Morgan fingerprint density at radius 3 is 2.56 bits per heavy atom. The highest BCUT2D eigenvalue weighted by Crippen LogP contribution is 2.34. The highest BCUT2D eigenvalue weighted by molar-refractivity contribution is 7.89. The van der Waals surface area contributed by atoms with Crippen LogP contribution in [0.15, 0.2) is 47.4 Å². The van der Waals surface area contributed by atoms with Crippen LogP contribution in [0.1, 0.15) is 48.3 Å². The average Bonchev–Trinajstić information content (AvgIpc) is 2.59. The van der Waals surface area contributed by atoms with Gasteiger partial charge in [0.15, 0.2) is 0 Å². The number of fused-ring (bicyclic) bond motifs is 1. The predicted molar refractivity (Wildman–Crippen MR) is 101 cm³/mol. The first kappa shape index (κ1) is 19.5. The summed E-state index contributed by atoms with van der Waals surface area (Å²) in [6.07, 6.45) is 0.669. The standard InChI is InChI=1S/C20H23FN2O3S/c1-20(2,3)18(14-5-4-6-15(21)11-14)23-27(25,26)16-8-7-13-9-10-22-19(24)17(13)12-16/h4-8,11-12,18,23H,9-10H2,1-3H3,(H,22,24). The summed E-state index contributed by atoms with van der Waals surface area (Å²) < 4.78 is 42.4. The summed E-state index contributed by atoms with van der Waals surface area (Å²) in [7, 11) is -3.91. The van der Waals surface area contributed by atoms with Gasteiger partial charge in [-0.15, -0.1) is 0 Å². The van der Waals surface area contributed by atoms with Gasteiger partial charge in [0.1, 0.15) is 5.82 Å². The first-order valence-corrected chi connectivity index (χ1v) is 10.3. The summed E-state index contributed by atoms with van der Waals surface area (Å²) in [6.45, 7) is 6.18. The molecule has 0 spiro atoms. The number of benzene rings is 2. The smallest absolute Gasteiger partial charge is 0.251 e. The van der Waals surface area contributed by atoms with Gasteiger partial charge in [0.25, 0.3) is 5.91 Å². The van der Waals surface area contributed by atoms with E-state index in [1.54, 1.807) is 18.2 Å². The van der Waals surface area contributed by atoms with Crippen molar-refractivity contribution in [3.8, 4) is 0 Å². The Hall–Kier alpha value is -2.25. The number of rotatable bonds is 4. The second-order valence-corrected chi connectivity index (χ2v) is 9.51. The fourth-order valence-corrected chi connectivity index (χ4v) is 4.67. The minimum absolute atomic E-state index is 0.0175. The average molecular weight is 390 g/mol. The van der Waals surface area contributed by atoms with Gasteiger partial charge < -0.3 is 5.32 Å². The fourth-order valence-electron chi connectivity index (χ4n) is 3.21. The Morgan fingerprint density at radius 2 is 1.89 bits per heavy atom. The maximum absolute atomic E-state index is 13.7. The van der Waals surface area contributed by atoms with Crippen molar-refractivity contribution in [2.45, 2.75) is 38.1 Å². The zero-order chi connectivity index (χ0) is 19.8. The molecule has 1 unspecified atom stereocenters. The normalized spacial score (nSPS) is 15.8. The van der Waals surface area contributed by atoms with Gasteiger partial charge >= 0.3 is 0 Å². The lowest BCUT2D eigenvalue weighted by Crippen LogP contribution is -2.37. The third kappa shape index (κ3) is 4.20. The number of carbonyl (C=O) groups excluding carboxylic acids is 1. The van der Waals surface area contributed by atoms with Crippen LogP contribution in [-0.2, 0) is 16.4 Å². The van der Waals surface area contributed by atoms with Crippen LogP contribution in [0.2, 0.25) is 0 Å². The lowest BCUT2D eigenvalue weighted by Gasteiger charge is -2.32. The number of halogens is 1. The van der Waals surface area contributed by atoms with Crippen LogP contribution in [0.25, 0.3) is 0 Å². The van der Waals surface area contributed by atoms with Crippen LogP contribution in [-0.4, -0.2) is 20.9 Å². The second kappa shape index (κ2) is 7.05. The number of carbonyl (C=O) groups is 1. The Balaban J connectivity index is 1.98. The van der Waals surface area contributed by atoms with Crippen LogP contribution in [0.4, 0.5) is 4.39 Å². The molecule has 0 saturated heterocycles. The molecule has 27 heavy (non-hydrogen) atoms. The van der Waals surface area contributed by atoms with E-state index in [4.69, 9.17) is 0 Å². The predicted octanol–water partition coefficient (Wildman–Crippen LogP) is 3.18. The van der Waals surface area contributed by atoms with Crippen LogP contribution >= 0.6 is 0 Å². The van der Waals surface area contributed by atoms with Crippen molar-refractivity contribution in [1.29, 1.82) is 0 Å². The van der Waals surface area contributed by atoms with Crippen LogP contribution in [0.3, 0.4) is 0 Å². The van der Waals surface area contributed by atoms with Gasteiger partial charge in [-0.3, -0.25) is 4.79 Å². The molecule has 0 aliphatic carbocycles. The molecule has 144 valence electrons. The van der Waals surface area contributed by atoms with E-state index in [2.05, 4.69) is 10.0 Å². The summed E-state index contributed by atoms with van der Waals surface area (Å²) in [6, 6.07) is 9.85. The van der Waals surface area contributed by atoms with Crippen LogP contribution in [0, 0.1) is 11.2 Å². The van der Waals surface area contributed by atoms with Crippen molar-refractivity contribution in [3.63, 3.8) is 0 Å². The first-order valence-electron chi connectivity index (χ1n) is 8.77. The zero-order valence-electron chi connectivity index (χ0n) is 15.5. The molecule has 1 atom stereocenters. The number of amides is 1. The summed E-state index contributed by atoms with van der Waals surface area (Å²) in [4.78, 5) is 12.1. The highest BCUT2D eigenvalue weighted by Gasteiger charge is 2.32. The summed E-state index contributed by atoms with van der Waals surface area (Å²) in [5.41, 5.74) is 1.26. The molecule has 1 amide bonds. The zero-order valence-corrected chi connectivity index (χ0v) is 16.4. The summed E-state index contributed by atoms with van der Waals surface area (Å²) >= 11 is 0. The van der Waals surface area contributed by atoms with Crippen LogP contribution < -0.4 is 10.0 Å². The molecule has 1 aliphatic heterocycles.